The van der Waals surface area contributed by atoms with Gasteiger partial charge in [-0.2, -0.15) is 0 Å². The Morgan fingerprint density at radius 2 is 2.12 bits per heavy atom. The Hall–Kier alpha value is -1.85. The van der Waals surface area contributed by atoms with Gasteiger partial charge in [-0.3, -0.25) is 4.79 Å². The van der Waals surface area contributed by atoms with Crippen molar-refractivity contribution in [3.8, 4) is 0 Å². The molecule has 1 aromatic heterocycles. The minimum absolute atomic E-state index is 0.159. The highest BCUT2D eigenvalue weighted by Gasteiger charge is 2.19. The van der Waals surface area contributed by atoms with Crippen molar-refractivity contribution in [3.63, 3.8) is 0 Å². The zero-order valence-corrected chi connectivity index (χ0v) is 15.1. The van der Waals surface area contributed by atoms with Gasteiger partial charge in [0.25, 0.3) is 0 Å². The van der Waals surface area contributed by atoms with Crippen molar-refractivity contribution in [1.29, 1.82) is 0 Å². The maximum atomic E-state index is 12.2. The van der Waals surface area contributed by atoms with Crippen LogP contribution in [0.25, 0.3) is 10.9 Å². The smallest absolute Gasteiger partial charge is 0.220 e. The molecule has 5 heteroatoms. The number of carbonyl (C=O) groups is 1. The van der Waals surface area contributed by atoms with Crippen molar-refractivity contribution < 1.29 is 9.53 Å². The maximum absolute atomic E-state index is 12.2. The molecular weight excluding hydrogens is 314 g/mol. The molecule has 0 bridgehead atoms. The molecule has 1 aliphatic rings. The summed E-state index contributed by atoms with van der Waals surface area (Å²) in [6.07, 6.45) is 5.67. The number of benzene rings is 1. The molecule has 0 unspecified atom stereocenters. The molecule has 0 aliphatic carbocycles. The second-order valence-electron chi connectivity index (χ2n) is 6.94. The highest BCUT2D eigenvalue weighted by Crippen LogP contribution is 2.19. The molecule has 2 aromatic rings. The van der Waals surface area contributed by atoms with E-state index < -0.39 is 0 Å². The van der Waals surface area contributed by atoms with Crippen LogP contribution in [-0.2, 0) is 16.0 Å². The van der Waals surface area contributed by atoms with Gasteiger partial charge in [-0.1, -0.05) is 18.2 Å². The van der Waals surface area contributed by atoms with Crippen LogP contribution in [0.3, 0.4) is 0 Å². The van der Waals surface area contributed by atoms with E-state index in [-0.39, 0.29) is 5.91 Å². The first-order valence-electron chi connectivity index (χ1n) is 9.29. The van der Waals surface area contributed by atoms with E-state index in [4.69, 9.17) is 4.74 Å². The Kier molecular flexibility index (Phi) is 6.48. The number of hydrogen-bond acceptors (Lipinski definition) is 3. The van der Waals surface area contributed by atoms with Crippen LogP contribution in [0.1, 0.15) is 24.8 Å². The normalized spacial score (nSPS) is 16.4. The standard InChI is InChI=1S/C20H29N3O2/c1-25-13-12-23-10-8-16(9-11-23)14-22-20(24)7-6-17-15-21-19-5-3-2-4-18(17)19/h2-5,15-16,21H,6-14H2,1H3,(H,22,24). The maximum Gasteiger partial charge on any atom is 0.220 e. The number of aromatic nitrogens is 1. The molecule has 1 aromatic carbocycles. The number of H-pyrrole nitrogens is 1. The number of carbonyl (C=O) groups excluding carboxylic acids is 1. The number of aryl methyl sites for hydroxylation is 1. The van der Waals surface area contributed by atoms with Gasteiger partial charge in [0.1, 0.15) is 0 Å². The van der Waals surface area contributed by atoms with Crippen molar-refractivity contribution in [1.82, 2.24) is 15.2 Å². The van der Waals surface area contributed by atoms with Gasteiger partial charge in [0.15, 0.2) is 0 Å². The zero-order chi connectivity index (χ0) is 17.5. The minimum atomic E-state index is 0.159. The van der Waals surface area contributed by atoms with Gasteiger partial charge in [-0.15, -0.1) is 0 Å². The molecule has 1 saturated heterocycles. The highest BCUT2D eigenvalue weighted by molar-refractivity contribution is 5.84. The first kappa shape index (κ1) is 18.0. The molecule has 0 atom stereocenters. The fraction of sp³-hybridized carbons (Fsp3) is 0.550. The third kappa shape index (κ3) is 5.06. The van der Waals surface area contributed by atoms with Crippen LogP contribution in [0.4, 0.5) is 0 Å². The van der Waals surface area contributed by atoms with Crippen molar-refractivity contribution in [2.24, 2.45) is 5.92 Å². The molecule has 1 fully saturated rings. The molecule has 0 radical (unpaired) electrons. The van der Waals surface area contributed by atoms with Crippen molar-refractivity contribution >= 4 is 16.8 Å². The lowest BCUT2D eigenvalue weighted by atomic mass is 9.96. The number of rotatable bonds is 8. The van der Waals surface area contributed by atoms with Crippen molar-refractivity contribution in [2.75, 3.05) is 39.9 Å². The van der Waals surface area contributed by atoms with Gasteiger partial charge in [-0.05, 0) is 49.9 Å². The average molecular weight is 343 g/mol. The molecule has 25 heavy (non-hydrogen) atoms. The second kappa shape index (κ2) is 9.02. The molecular formula is C20H29N3O2. The fourth-order valence-electron chi connectivity index (χ4n) is 3.57. The van der Waals surface area contributed by atoms with E-state index in [1.54, 1.807) is 7.11 Å². The van der Waals surface area contributed by atoms with E-state index in [0.29, 0.717) is 12.3 Å². The van der Waals surface area contributed by atoms with E-state index in [1.807, 2.05) is 18.3 Å². The molecule has 3 rings (SSSR count). The molecule has 0 saturated carbocycles. The number of para-hydroxylation sites is 1. The Bertz CT molecular complexity index is 674. The highest BCUT2D eigenvalue weighted by atomic mass is 16.5. The summed E-state index contributed by atoms with van der Waals surface area (Å²) in [5, 5.41) is 4.35. The second-order valence-corrected chi connectivity index (χ2v) is 6.94. The Balaban J connectivity index is 1.36. The molecule has 0 spiro atoms. The SMILES string of the molecule is COCCN1CCC(CNC(=O)CCc2c[nH]c3ccccc23)CC1. The van der Waals surface area contributed by atoms with Gasteiger partial charge in [0.2, 0.25) is 5.91 Å². The van der Waals surface area contributed by atoms with E-state index in [1.165, 1.54) is 10.9 Å². The first-order valence-corrected chi connectivity index (χ1v) is 9.29. The number of nitrogens with zero attached hydrogens (tertiary/aromatic N) is 1. The van der Waals surface area contributed by atoms with Crippen LogP contribution < -0.4 is 5.32 Å². The predicted molar refractivity (Wildman–Crippen MR) is 101 cm³/mol. The lowest BCUT2D eigenvalue weighted by molar-refractivity contribution is -0.121. The molecule has 136 valence electrons. The topological polar surface area (TPSA) is 57.4 Å². The van der Waals surface area contributed by atoms with Crippen LogP contribution in [0.15, 0.2) is 30.5 Å². The molecule has 2 heterocycles. The summed E-state index contributed by atoms with van der Waals surface area (Å²) in [6.45, 7) is 4.85. The summed E-state index contributed by atoms with van der Waals surface area (Å²) in [7, 11) is 1.75. The summed E-state index contributed by atoms with van der Waals surface area (Å²) in [4.78, 5) is 17.9. The Morgan fingerprint density at radius 1 is 1.32 bits per heavy atom. The number of hydrogen-bond donors (Lipinski definition) is 2. The number of piperidine rings is 1. The summed E-state index contributed by atoms with van der Waals surface area (Å²) in [6, 6.07) is 8.24. The Morgan fingerprint density at radius 3 is 2.92 bits per heavy atom. The summed E-state index contributed by atoms with van der Waals surface area (Å²) >= 11 is 0. The largest absolute Gasteiger partial charge is 0.383 e. The predicted octanol–water partition coefficient (Wildman–Crippen LogP) is 2.58. The van der Waals surface area contributed by atoms with Crippen LogP contribution in [0, 0.1) is 5.92 Å². The van der Waals surface area contributed by atoms with E-state index in [0.717, 1.165) is 57.6 Å². The minimum Gasteiger partial charge on any atom is -0.383 e. The van der Waals surface area contributed by atoms with Gasteiger partial charge >= 0.3 is 0 Å². The lowest BCUT2D eigenvalue weighted by Crippen LogP contribution is -2.39. The van der Waals surface area contributed by atoms with E-state index in [9.17, 15) is 4.79 Å². The van der Waals surface area contributed by atoms with Crippen LogP contribution in [0.5, 0.6) is 0 Å². The van der Waals surface area contributed by atoms with Crippen molar-refractivity contribution in [2.45, 2.75) is 25.7 Å². The van der Waals surface area contributed by atoms with E-state index >= 15 is 0 Å². The summed E-state index contributed by atoms with van der Waals surface area (Å²) in [5.74, 6) is 0.767. The number of ether oxygens (including phenoxy) is 1. The fourth-order valence-corrected chi connectivity index (χ4v) is 3.57. The Labute approximate surface area is 149 Å². The van der Waals surface area contributed by atoms with Gasteiger partial charge < -0.3 is 19.9 Å². The number of aromatic amines is 1. The third-order valence-electron chi connectivity index (χ3n) is 5.20. The average Bonchev–Trinajstić information content (AvgIpc) is 3.07. The zero-order valence-electron chi connectivity index (χ0n) is 15.1. The number of fused-ring (bicyclic) bond motifs is 1. The molecule has 2 N–H and O–H groups in total. The third-order valence-corrected chi connectivity index (χ3v) is 5.20. The van der Waals surface area contributed by atoms with Crippen LogP contribution >= 0.6 is 0 Å². The summed E-state index contributed by atoms with van der Waals surface area (Å²) < 4.78 is 5.13. The molecule has 1 aliphatic heterocycles. The van der Waals surface area contributed by atoms with Gasteiger partial charge in [-0.25, -0.2) is 0 Å². The van der Waals surface area contributed by atoms with E-state index in [2.05, 4.69) is 27.3 Å². The first-order chi connectivity index (χ1) is 12.3. The summed E-state index contributed by atoms with van der Waals surface area (Å²) in [5.41, 5.74) is 2.36. The van der Waals surface area contributed by atoms with Gasteiger partial charge in [0.05, 0.1) is 6.61 Å². The van der Waals surface area contributed by atoms with Gasteiger partial charge in [0, 0.05) is 43.7 Å². The monoisotopic (exact) mass is 343 g/mol. The van der Waals surface area contributed by atoms with Crippen LogP contribution in [-0.4, -0.2) is 55.7 Å². The van der Waals surface area contributed by atoms with Crippen molar-refractivity contribution in [3.05, 3.63) is 36.0 Å². The molecule has 5 nitrogen and oxygen atoms in total. The number of nitrogens with one attached hydrogen (secondary N) is 2. The molecule has 1 amide bonds. The quantitative estimate of drug-likeness (QED) is 0.774. The van der Waals surface area contributed by atoms with Crippen LogP contribution in [0.2, 0.25) is 0 Å². The number of methoxy groups -OCH3 is 1. The lowest BCUT2D eigenvalue weighted by Gasteiger charge is -2.31. The number of likely N-dealkylation sites (tertiary alicyclic amines) is 1. The number of amides is 1.